The molecule has 0 unspecified atom stereocenters. The van der Waals surface area contributed by atoms with Crippen LogP contribution in [0.3, 0.4) is 0 Å². The summed E-state index contributed by atoms with van der Waals surface area (Å²) in [4.78, 5) is 47.1. The molecule has 1 aliphatic rings. The van der Waals surface area contributed by atoms with Crippen molar-refractivity contribution in [3.8, 4) is 0 Å². The van der Waals surface area contributed by atoms with Gasteiger partial charge in [-0.2, -0.15) is 0 Å². The first-order valence-electron chi connectivity index (χ1n) is 5.44. The fourth-order valence-electron chi connectivity index (χ4n) is 2.06. The molecular formula is C12H16O4. The molecule has 1 saturated carbocycles. The minimum absolute atomic E-state index is 0.374. The van der Waals surface area contributed by atoms with E-state index in [4.69, 9.17) is 0 Å². The molecule has 0 aliphatic heterocycles. The molecule has 0 radical (unpaired) electrons. The van der Waals surface area contributed by atoms with Crippen molar-refractivity contribution in [2.75, 3.05) is 0 Å². The minimum atomic E-state index is -0.856. The van der Waals surface area contributed by atoms with E-state index in [1.807, 2.05) is 0 Å². The van der Waals surface area contributed by atoms with E-state index in [-0.39, 0.29) is 23.1 Å². The summed E-state index contributed by atoms with van der Waals surface area (Å²) in [6.45, 7) is 5.87. The topological polar surface area (TPSA) is 68.3 Å². The van der Waals surface area contributed by atoms with Crippen molar-refractivity contribution in [3.05, 3.63) is 0 Å². The number of ketones is 4. The Morgan fingerprint density at radius 1 is 0.500 bits per heavy atom. The number of rotatable bonds is 0. The van der Waals surface area contributed by atoms with E-state index in [9.17, 15) is 19.2 Å². The largest absolute Gasteiger partial charge is 0.298 e. The zero-order valence-electron chi connectivity index (χ0n) is 9.94. The molecule has 0 atom stereocenters. The van der Waals surface area contributed by atoms with Crippen LogP contribution in [0.1, 0.15) is 27.7 Å². The van der Waals surface area contributed by atoms with E-state index in [0.29, 0.717) is 0 Å². The number of Topliss-reactive ketones (excluding diaryl/α,β-unsaturated/α-hetero) is 4. The quantitative estimate of drug-likeness (QED) is 0.571. The van der Waals surface area contributed by atoms with Gasteiger partial charge >= 0.3 is 0 Å². The second kappa shape index (κ2) is 4.28. The fraction of sp³-hybridized carbons (Fsp3) is 0.667. The lowest BCUT2D eigenvalue weighted by Gasteiger charge is -2.25. The van der Waals surface area contributed by atoms with E-state index in [1.165, 1.54) is 27.7 Å². The van der Waals surface area contributed by atoms with Gasteiger partial charge in [0.1, 0.15) is 0 Å². The SMILES string of the molecule is CC1C(=O)C(C)C(=O)C(C)C(=O)C(C)C1=O. The van der Waals surface area contributed by atoms with Crippen LogP contribution in [0.2, 0.25) is 0 Å². The lowest BCUT2D eigenvalue weighted by molar-refractivity contribution is -0.147. The average molecular weight is 224 g/mol. The van der Waals surface area contributed by atoms with Crippen molar-refractivity contribution in [3.63, 3.8) is 0 Å². The van der Waals surface area contributed by atoms with E-state index >= 15 is 0 Å². The second-order valence-electron chi connectivity index (χ2n) is 4.50. The first-order chi connectivity index (χ1) is 7.29. The van der Waals surface area contributed by atoms with Crippen LogP contribution in [-0.4, -0.2) is 23.1 Å². The standard InChI is InChI=1S/C12H16O4/c1-5-9(13)6(2)11(15)8(4)12(16)7(3)10(5)14/h5-8H,1-4H3. The average Bonchev–Trinajstić information content (AvgIpc) is 2.30. The zero-order chi connectivity index (χ0) is 12.6. The smallest absolute Gasteiger partial charge is 0.153 e. The second-order valence-corrected chi connectivity index (χ2v) is 4.50. The molecule has 0 saturated heterocycles. The van der Waals surface area contributed by atoms with Gasteiger partial charge in [-0.15, -0.1) is 0 Å². The maximum absolute atomic E-state index is 11.8. The predicted molar refractivity (Wildman–Crippen MR) is 56.7 cm³/mol. The van der Waals surface area contributed by atoms with Crippen molar-refractivity contribution in [1.82, 2.24) is 0 Å². The number of hydrogen-bond acceptors (Lipinski definition) is 4. The van der Waals surface area contributed by atoms with Crippen LogP contribution in [0, 0.1) is 23.7 Å². The maximum Gasteiger partial charge on any atom is 0.153 e. The molecule has 0 heterocycles. The van der Waals surface area contributed by atoms with Crippen LogP contribution in [0.5, 0.6) is 0 Å². The van der Waals surface area contributed by atoms with Gasteiger partial charge in [-0.3, -0.25) is 19.2 Å². The highest BCUT2D eigenvalue weighted by atomic mass is 16.2. The number of carbonyl (C=O) groups is 4. The molecule has 1 rings (SSSR count). The predicted octanol–water partition coefficient (Wildman–Crippen LogP) is 0.821. The van der Waals surface area contributed by atoms with Crippen LogP contribution in [0.15, 0.2) is 0 Å². The summed E-state index contributed by atoms with van der Waals surface area (Å²) in [5, 5.41) is 0. The molecule has 16 heavy (non-hydrogen) atoms. The van der Waals surface area contributed by atoms with Crippen molar-refractivity contribution in [1.29, 1.82) is 0 Å². The summed E-state index contributed by atoms with van der Waals surface area (Å²) in [6, 6.07) is 0. The summed E-state index contributed by atoms with van der Waals surface area (Å²) >= 11 is 0. The molecule has 0 aromatic heterocycles. The molecule has 4 nitrogen and oxygen atoms in total. The molecule has 0 bridgehead atoms. The molecule has 4 heteroatoms. The minimum Gasteiger partial charge on any atom is -0.298 e. The molecular weight excluding hydrogens is 208 g/mol. The van der Waals surface area contributed by atoms with Gasteiger partial charge < -0.3 is 0 Å². The first kappa shape index (κ1) is 12.7. The van der Waals surface area contributed by atoms with E-state index in [0.717, 1.165) is 0 Å². The Balaban J connectivity index is 3.18. The highest BCUT2D eigenvalue weighted by Gasteiger charge is 2.42. The Morgan fingerprint density at radius 2 is 0.625 bits per heavy atom. The zero-order valence-corrected chi connectivity index (χ0v) is 9.94. The van der Waals surface area contributed by atoms with E-state index in [2.05, 4.69) is 0 Å². The van der Waals surface area contributed by atoms with Crippen molar-refractivity contribution in [2.24, 2.45) is 23.7 Å². The van der Waals surface area contributed by atoms with Crippen LogP contribution >= 0.6 is 0 Å². The monoisotopic (exact) mass is 224 g/mol. The van der Waals surface area contributed by atoms with Crippen LogP contribution in [0.25, 0.3) is 0 Å². The molecule has 1 fully saturated rings. The van der Waals surface area contributed by atoms with E-state index < -0.39 is 23.7 Å². The van der Waals surface area contributed by atoms with E-state index in [1.54, 1.807) is 0 Å². The number of hydrogen-bond donors (Lipinski definition) is 0. The van der Waals surface area contributed by atoms with Gasteiger partial charge in [0.15, 0.2) is 23.1 Å². The van der Waals surface area contributed by atoms with Gasteiger partial charge in [-0.05, 0) is 27.7 Å². The summed E-state index contributed by atoms with van der Waals surface area (Å²) in [7, 11) is 0. The first-order valence-corrected chi connectivity index (χ1v) is 5.44. The molecule has 0 N–H and O–H groups in total. The van der Waals surface area contributed by atoms with Crippen LogP contribution in [0.4, 0.5) is 0 Å². The van der Waals surface area contributed by atoms with Crippen LogP contribution < -0.4 is 0 Å². The molecule has 0 spiro atoms. The normalized spacial score (nSPS) is 37.2. The Bertz CT molecular complexity index is 273. The highest BCUT2D eigenvalue weighted by molar-refractivity contribution is 6.23. The Kier molecular flexibility index (Phi) is 3.41. The Morgan fingerprint density at radius 3 is 0.750 bits per heavy atom. The Hall–Kier alpha value is -1.32. The summed E-state index contributed by atoms with van der Waals surface area (Å²) in [5.41, 5.74) is 0. The van der Waals surface area contributed by atoms with Gasteiger partial charge in [0.25, 0.3) is 0 Å². The summed E-state index contributed by atoms with van der Waals surface area (Å²) < 4.78 is 0. The lowest BCUT2D eigenvalue weighted by atomic mass is 9.74. The third-order valence-corrected chi connectivity index (χ3v) is 3.41. The van der Waals surface area contributed by atoms with Gasteiger partial charge in [0.05, 0.1) is 23.7 Å². The van der Waals surface area contributed by atoms with Crippen molar-refractivity contribution < 1.29 is 19.2 Å². The summed E-state index contributed by atoms with van der Waals surface area (Å²) in [6.07, 6.45) is 0. The highest BCUT2D eigenvalue weighted by Crippen LogP contribution is 2.23. The van der Waals surface area contributed by atoms with Gasteiger partial charge in [-0.25, -0.2) is 0 Å². The van der Waals surface area contributed by atoms with Gasteiger partial charge in [0, 0.05) is 0 Å². The fourth-order valence-corrected chi connectivity index (χ4v) is 2.06. The Labute approximate surface area is 94.4 Å². The lowest BCUT2D eigenvalue weighted by Crippen LogP contribution is -2.44. The van der Waals surface area contributed by atoms with Crippen molar-refractivity contribution in [2.45, 2.75) is 27.7 Å². The van der Waals surface area contributed by atoms with Gasteiger partial charge in [-0.1, -0.05) is 0 Å². The number of carbonyl (C=O) groups excluding carboxylic acids is 4. The molecule has 0 aromatic rings. The molecule has 0 aromatic carbocycles. The van der Waals surface area contributed by atoms with Gasteiger partial charge in [0.2, 0.25) is 0 Å². The molecule has 0 amide bonds. The maximum atomic E-state index is 11.8. The van der Waals surface area contributed by atoms with Crippen molar-refractivity contribution >= 4 is 23.1 Å². The third-order valence-electron chi connectivity index (χ3n) is 3.41. The summed E-state index contributed by atoms with van der Waals surface area (Å²) in [5.74, 6) is -4.92. The third kappa shape index (κ3) is 1.84. The van der Waals surface area contributed by atoms with Crippen LogP contribution in [-0.2, 0) is 19.2 Å². The molecule has 1 aliphatic carbocycles. The molecule has 88 valence electrons.